The molecule has 0 bridgehead atoms. The first-order valence-electron chi connectivity index (χ1n) is 6.82. The fourth-order valence-electron chi connectivity index (χ4n) is 2.64. The summed E-state index contributed by atoms with van der Waals surface area (Å²) < 4.78 is 1.88. The van der Waals surface area contributed by atoms with Crippen molar-refractivity contribution in [2.75, 3.05) is 6.54 Å². The molecule has 1 aliphatic heterocycles. The molecule has 1 amide bonds. The first kappa shape index (κ1) is 12.8. The number of rotatable bonds is 3. The molecule has 20 heavy (non-hydrogen) atoms. The second kappa shape index (κ2) is 5.40. The highest BCUT2D eigenvalue weighted by molar-refractivity contribution is 5.92. The second-order valence-electron chi connectivity index (χ2n) is 5.01. The number of likely N-dealkylation sites (tertiary alicyclic amines) is 1. The molecular formula is C14H17N5O. The van der Waals surface area contributed by atoms with Crippen molar-refractivity contribution >= 4 is 5.91 Å². The molecule has 104 valence electrons. The highest BCUT2D eigenvalue weighted by Gasteiger charge is 2.30. The number of carbonyl (C=O) groups excluding carboxylic acids is 1. The van der Waals surface area contributed by atoms with Crippen LogP contribution >= 0.6 is 0 Å². The zero-order valence-corrected chi connectivity index (χ0v) is 11.4. The second-order valence-corrected chi connectivity index (χ2v) is 5.01. The fourth-order valence-corrected chi connectivity index (χ4v) is 2.64. The highest BCUT2D eigenvalue weighted by Crippen LogP contribution is 2.20. The summed E-state index contributed by atoms with van der Waals surface area (Å²) in [5.74, 6) is 0.615. The Hall–Kier alpha value is -2.24. The van der Waals surface area contributed by atoms with E-state index in [0.717, 1.165) is 25.9 Å². The Bertz CT molecular complexity index is 595. The van der Waals surface area contributed by atoms with Crippen LogP contribution in [-0.4, -0.2) is 43.1 Å². The minimum absolute atomic E-state index is 0.00911. The van der Waals surface area contributed by atoms with Gasteiger partial charge in [0.15, 0.2) is 0 Å². The van der Waals surface area contributed by atoms with Crippen LogP contribution in [0.4, 0.5) is 0 Å². The standard InChI is InChI=1S/C14H17N5O/c1-11-15-7-5-13(17-11)14(20)19-9-2-4-12(19)10-18-8-3-6-16-18/h3,5-8,12H,2,4,9-10H2,1H3/t12-/m1/s1. The molecule has 0 saturated carbocycles. The minimum atomic E-state index is -0.00911. The van der Waals surface area contributed by atoms with E-state index in [1.165, 1.54) is 0 Å². The molecule has 0 spiro atoms. The van der Waals surface area contributed by atoms with E-state index in [1.54, 1.807) is 25.4 Å². The lowest BCUT2D eigenvalue weighted by atomic mass is 10.2. The third kappa shape index (κ3) is 2.54. The molecule has 6 heteroatoms. The van der Waals surface area contributed by atoms with Gasteiger partial charge in [-0.1, -0.05) is 0 Å². The predicted octanol–water partition coefficient (Wildman–Crippen LogP) is 1.29. The van der Waals surface area contributed by atoms with Crippen LogP contribution in [0.15, 0.2) is 30.7 Å². The Morgan fingerprint density at radius 1 is 1.45 bits per heavy atom. The molecule has 0 aromatic carbocycles. The summed E-state index contributed by atoms with van der Waals surface area (Å²) in [4.78, 5) is 22.7. The molecule has 2 aromatic rings. The van der Waals surface area contributed by atoms with Gasteiger partial charge in [-0.2, -0.15) is 5.10 Å². The molecule has 3 rings (SSSR count). The first-order chi connectivity index (χ1) is 9.74. The lowest BCUT2D eigenvalue weighted by molar-refractivity contribution is 0.0715. The molecule has 3 heterocycles. The lowest BCUT2D eigenvalue weighted by Crippen LogP contribution is -2.38. The maximum atomic E-state index is 12.5. The number of aromatic nitrogens is 4. The van der Waals surface area contributed by atoms with Gasteiger partial charge in [0.05, 0.1) is 12.6 Å². The number of amides is 1. The smallest absolute Gasteiger partial charge is 0.272 e. The number of carbonyl (C=O) groups is 1. The van der Waals surface area contributed by atoms with Gasteiger partial charge in [-0.05, 0) is 31.9 Å². The Labute approximate surface area is 117 Å². The van der Waals surface area contributed by atoms with Crippen molar-refractivity contribution in [2.45, 2.75) is 32.4 Å². The molecule has 0 N–H and O–H groups in total. The molecule has 1 atom stereocenters. The molecule has 0 unspecified atom stereocenters. The van der Waals surface area contributed by atoms with Crippen molar-refractivity contribution in [2.24, 2.45) is 0 Å². The number of aryl methyl sites for hydroxylation is 1. The molecule has 1 saturated heterocycles. The largest absolute Gasteiger partial charge is 0.332 e. The van der Waals surface area contributed by atoms with E-state index in [9.17, 15) is 4.79 Å². The van der Waals surface area contributed by atoms with E-state index in [4.69, 9.17) is 0 Å². The van der Waals surface area contributed by atoms with Gasteiger partial charge in [0.25, 0.3) is 5.91 Å². The van der Waals surface area contributed by atoms with Crippen molar-refractivity contribution in [3.8, 4) is 0 Å². The third-order valence-electron chi connectivity index (χ3n) is 3.59. The summed E-state index contributed by atoms with van der Waals surface area (Å²) in [6, 6.07) is 3.77. The van der Waals surface area contributed by atoms with Crippen LogP contribution in [0.2, 0.25) is 0 Å². The molecule has 2 aromatic heterocycles. The molecular weight excluding hydrogens is 254 g/mol. The Kier molecular flexibility index (Phi) is 3.45. The van der Waals surface area contributed by atoms with Crippen molar-refractivity contribution < 1.29 is 4.79 Å². The fraction of sp³-hybridized carbons (Fsp3) is 0.429. The van der Waals surface area contributed by atoms with E-state index < -0.39 is 0 Å². The van der Waals surface area contributed by atoms with Gasteiger partial charge in [0, 0.05) is 25.1 Å². The summed E-state index contributed by atoms with van der Waals surface area (Å²) in [5.41, 5.74) is 0.477. The summed E-state index contributed by atoms with van der Waals surface area (Å²) in [6.45, 7) is 3.32. The minimum Gasteiger partial charge on any atom is -0.332 e. The number of hydrogen-bond donors (Lipinski definition) is 0. The molecule has 0 aliphatic carbocycles. The Morgan fingerprint density at radius 3 is 3.10 bits per heavy atom. The molecule has 1 aliphatic rings. The SMILES string of the molecule is Cc1nccc(C(=O)N2CCC[C@@H]2Cn2cccn2)n1. The van der Waals surface area contributed by atoms with Gasteiger partial charge in [-0.15, -0.1) is 0 Å². The van der Waals surface area contributed by atoms with E-state index in [1.807, 2.05) is 21.8 Å². The van der Waals surface area contributed by atoms with Crippen molar-refractivity contribution in [1.29, 1.82) is 0 Å². The van der Waals surface area contributed by atoms with E-state index in [2.05, 4.69) is 15.1 Å². The zero-order valence-electron chi connectivity index (χ0n) is 11.4. The van der Waals surface area contributed by atoms with Gasteiger partial charge in [-0.25, -0.2) is 9.97 Å². The van der Waals surface area contributed by atoms with Crippen LogP contribution < -0.4 is 0 Å². The van der Waals surface area contributed by atoms with E-state index in [0.29, 0.717) is 11.5 Å². The highest BCUT2D eigenvalue weighted by atomic mass is 16.2. The van der Waals surface area contributed by atoms with E-state index >= 15 is 0 Å². The monoisotopic (exact) mass is 271 g/mol. The van der Waals surface area contributed by atoms with Gasteiger partial charge in [0.1, 0.15) is 11.5 Å². The maximum Gasteiger partial charge on any atom is 0.272 e. The molecule has 6 nitrogen and oxygen atoms in total. The van der Waals surface area contributed by atoms with Crippen LogP contribution in [0, 0.1) is 6.92 Å². The molecule has 0 radical (unpaired) electrons. The Balaban J connectivity index is 1.76. The summed E-state index contributed by atoms with van der Waals surface area (Å²) in [6.07, 6.45) is 7.36. The van der Waals surface area contributed by atoms with Gasteiger partial charge in [-0.3, -0.25) is 9.48 Å². The zero-order chi connectivity index (χ0) is 13.9. The number of hydrogen-bond acceptors (Lipinski definition) is 4. The lowest BCUT2D eigenvalue weighted by Gasteiger charge is -2.24. The third-order valence-corrected chi connectivity index (χ3v) is 3.59. The summed E-state index contributed by atoms with van der Waals surface area (Å²) >= 11 is 0. The van der Waals surface area contributed by atoms with Crippen molar-refractivity contribution in [3.05, 3.63) is 42.2 Å². The normalized spacial score (nSPS) is 18.4. The average Bonchev–Trinajstić information content (AvgIpc) is 3.10. The Morgan fingerprint density at radius 2 is 2.35 bits per heavy atom. The topological polar surface area (TPSA) is 63.9 Å². The van der Waals surface area contributed by atoms with Crippen molar-refractivity contribution in [3.63, 3.8) is 0 Å². The van der Waals surface area contributed by atoms with Gasteiger partial charge >= 0.3 is 0 Å². The van der Waals surface area contributed by atoms with Crippen LogP contribution in [0.5, 0.6) is 0 Å². The quantitative estimate of drug-likeness (QED) is 0.843. The van der Waals surface area contributed by atoms with Crippen molar-refractivity contribution in [1.82, 2.24) is 24.6 Å². The predicted molar refractivity (Wildman–Crippen MR) is 73.1 cm³/mol. The summed E-state index contributed by atoms with van der Waals surface area (Å²) in [5, 5.41) is 4.21. The van der Waals surface area contributed by atoms with Crippen LogP contribution in [0.1, 0.15) is 29.2 Å². The van der Waals surface area contributed by atoms with Gasteiger partial charge in [0.2, 0.25) is 0 Å². The van der Waals surface area contributed by atoms with Crippen LogP contribution in [0.25, 0.3) is 0 Å². The first-order valence-corrected chi connectivity index (χ1v) is 6.82. The summed E-state index contributed by atoms with van der Waals surface area (Å²) in [7, 11) is 0. The maximum absolute atomic E-state index is 12.5. The van der Waals surface area contributed by atoms with Gasteiger partial charge < -0.3 is 4.90 Å². The number of nitrogens with zero attached hydrogens (tertiary/aromatic N) is 5. The van der Waals surface area contributed by atoms with Crippen LogP contribution in [-0.2, 0) is 6.54 Å². The van der Waals surface area contributed by atoms with Crippen LogP contribution in [0.3, 0.4) is 0 Å². The average molecular weight is 271 g/mol. The van der Waals surface area contributed by atoms with E-state index in [-0.39, 0.29) is 11.9 Å². The molecule has 1 fully saturated rings.